The summed E-state index contributed by atoms with van der Waals surface area (Å²) in [6.07, 6.45) is -3.20. The van der Waals surface area contributed by atoms with Crippen molar-refractivity contribution in [3.8, 4) is 0 Å². The van der Waals surface area contributed by atoms with Crippen LogP contribution < -0.4 is 104 Å². The molecule has 0 atom stereocenters. The molecule has 16 nitrogen and oxygen atoms in total. The van der Waals surface area contributed by atoms with Gasteiger partial charge in [0.2, 0.25) is 0 Å². The quantitative estimate of drug-likeness (QED) is 0.116. The maximum atomic E-state index is 12.1. The standard InChI is InChI=1S/C16H22N2O14.3Na/c19-9(20)3-16(15(30)31,4-10(21)22)32-14(29)8-18(7-13(27)28)2-1-17(5-11(23)24)6-12(25)26;;;/h1-8H2,(H,19,20)(H,21,22)(H,23,24)(H,25,26)(H,27,28)(H,30,31);;;/q;3*+1/p-3. The molecule has 180 valence electrons. The summed E-state index contributed by atoms with van der Waals surface area (Å²) in [6.45, 7) is -4.12. The molecule has 0 aromatic heterocycles. The third kappa shape index (κ3) is 19.0. The van der Waals surface area contributed by atoms with Crippen LogP contribution in [0.5, 0.6) is 0 Å². The number of carbonyl (C=O) groups is 7. The van der Waals surface area contributed by atoms with Crippen molar-refractivity contribution >= 4 is 41.8 Å². The monoisotopic (exact) mass is 532 g/mol. The van der Waals surface area contributed by atoms with Gasteiger partial charge in [-0.1, -0.05) is 0 Å². The van der Waals surface area contributed by atoms with E-state index in [1.807, 2.05) is 0 Å². The van der Waals surface area contributed by atoms with Gasteiger partial charge in [0.15, 0.2) is 5.60 Å². The van der Waals surface area contributed by atoms with Crippen molar-refractivity contribution in [3.63, 3.8) is 0 Å². The molecule has 0 spiro atoms. The molecule has 0 aliphatic rings. The van der Waals surface area contributed by atoms with Crippen molar-refractivity contribution in [2.45, 2.75) is 18.4 Å². The minimum absolute atomic E-state index is 0. The summed E-state index contributed by atoms with van der Waals surface area (Å²) < 4.78 is 4.49. The number of ether oxygens (including phenoxy) is 1. The molecule has 19 heteroatoms. The minimum atomic E-state index is -3.19. The molecular weight excluding hydrogens is 513 g/mol. The first-order valence-electron chi connectivity index (χ1n) is 8.60. The van der Waals surface area contributed by atoms with Crippen molar-refractivity contribution in [2.24, 2.45) is 0 Å². The molecule has 0 amide bonds. The van der Waals surface area contributed by atoms with Crippen molar-refractivity contribution < 1.29 is 158 Å². The number of aliphatic carboxylic acids is 6. The second kappa shape index (κ2) is 20.3. The molecule has 0 radical (unpaired) electrons. The van der Waals surface area contributed by atoms with E-state index in [-0.39, 0.29) is 95.2 Å². The van der Waals surface area contributed by atoms with E-state index in [9.17, 15) is 48.9 Å². The first-order valence-corrected chi connectivity index (χ1v) is 8.60. The van der Waals surface area contributed by atoms with E-state index in [0.29, 0.717) is 0 Å². The minimum Gasteiger partial charge on any atom is -0.550 e. The van der Waals surface area contributed by atoms with E-state index in [4.69, 9.17) is 15.3 Å². The molecule has 0 fully saturated rings. The summed E-state index contributed by atoms with van der Waals surface area (Å²) in [4.78, 5) is 79.4. The molecule has 0 bridgehead atoms. The number of carbonyl (C=O) groups excluding carboxylic acids is 4. The summed E-state index contributed by atoms with van der Waals surface area (Å²) >= 11 is 0. The van der Waals surface area contributed by atoms with Crippen LogP contribution in [0.2, 0.25) is 0 Å². The van der Waals surface area contributed by atoms with Gasteiger partial charge >= 0.3 is 113 Å². The Morgan fingerprint density at radius 2 is 0.943 bits per heavy atom. The number of carboxylic acids is 6. The van der Waals surface area contributed by atoms with Gasteiger partial charge in [-0.3, -0.25) is 29.0 Å². The molecule has 35 heavy (non-hydrogen) atoms. The average molecular weight is 532 g/mol. The molecule has 3 N–H and O–H groups in total. The summed E-state index contributed by atoms with van der Waals surface area (Å²) in [6, 6.07) is 0. The smallest absolute Gasteiger partial charge is 0.550 e. The first-order chi connectivity index (χ1) is 14.7. The summed E-state index contributed by atoms with van der Waals surface area (Å²) in [7, 11) is 0. The number of nitrogens with zero attached hydrogens (tertiary/aromatic N) is 2. The van der Waals surface area contributed by atoms with Gasteiger partial charge in [-0.25, -0.2) is 0 Å². The molecule has 0 aliphatic carbocycles. The Labute approximate surface area is 264 Å². The normalized spacial score (nSPS) is 10.2. The predicted octanol–water partition coefficient (Wildman–Crippen LogP) is -15.8. The summed E-state index contributed by atoms with van der Waals surface area (Å²) in [5.74, 6) is -12.4. The molecule has 0 aromatic carbocycles. The fraction of sp³-hybridized carbons (Fsp3) is 0.562. The maximum absolute atomic E-state index is 12.1. The molecule has 0 saturated heterocycles. The Bertz CT molecular complexity index is 747. The Morgan fingerprint density at radius 3 is 1.20 bits per heavy atom. The van der Waals surface area contributed by atoms with Crippen molar-refractivity contribution in [3.05, 3.63) is 0 Å². The molecule has 0 heterocycles. The number of carboxylic acid groups (broad SMARTS) is 6. The third-order valence-electron chi connectivity index (χ3n) is 3.70. The van der Waals surface area contributed by atoms with Gasteiger partial charge in [-0.2, -0.15) is 0 Å². The predicted molar refractivity (Wildman–Crippen MR) is 88.9 cm³/mol. The van der Waals surface area contributed by atoms with Crippen LogP contribution >= 0.6 is 0 Å². The molecular formula is C16H19N2Na3O14. The Hall–Kier alpha value is -0.790. The fourth-order valence-corrected chi connectivity index (χ4v) is 2.50. The molecule has 0 saturated carbocycles. The van der Waals surface area contributed by atoms with E-state index in [1.165, 1.54) is 0 Å². The molecule has 0 rings (SSSR count). The maximum Gasteiger partial charge on any atom is 1.00 e. The number of hydrogen-bond acceptors (Lipinski definition) is 13. The zero-order valence-electron chi connectivity index (χ0n) is 19.4. The Morgan fingerprint density at radius 1 is 0.629 bits per heavy atom. The van der Waals surface area contributed by atoms with Gasteiger partial charge in [0.1, 0.15) is 0 Å². The molecule has 0 unspecified atom stereocenters. The van der Waals surface area contributed by atoms with Crippen LogP contribution in [0.4, 0.5) is 0 Å². The van der Waals surface area contributed by atoms with Crippen molar-refractivity contribution in [1.29, 1.82) is 0 Å². The zero-order chi connectivity index (χ0) is 25.1. The summed E-state index contributed by atoms with van der Waals surface area (Å²) in [5, 5.41) is 59.5. The van der Waals surface area contributed by atoms with Crippen LogP contribution in [0, 0.1) is 0 Å². The van der Waals surface area contributed by atoms with E-state index in [2.05, 4.69) is 4.74 Å². The van der Waals surface area contributed by atoms with Crippen LogP contribution in [0.3, 0.4) is 0 Å². The first kappa shape index (κ1) is 41.3. The van der Waals surface area contributed by atoms with Gasteiger partial charge in [-0.05, 0) is 0 Å². The number of rotatable bonds is 17. The van der Waals surface area contributed by atoms with Crippen molar-refractivity contribution in [2.75, 3.05) is 39.3 Å². The second-order valence-corrected chi connectivity index (χ2v) is 6.46. The van der Waals surface area contributed by atoms with Gasteiger partial charge < -0.3 is 49.8 Å². The second-order valence-electron chi connectivity index (χ2n) is 6.46. The van der Waals surface area contributed by atoms with Crippen LogP contribution in [0.25, 0.3) is 0 Å². The van der Waals surface area contributed by atoms with Gasteiger partial charge in [0.05, 0.1) is 32.1 Å². The average Bonchev–Trinajstić information content (AvgIpc) is 2.56. The SMILES string of the molecule is O=C([O-])CC(CC(=O)[O-])(OC(=O)CN(CCN(CC(=O)O)CC(=O)O)CC(=O)O)C(=O)[O-].[Na+].[Na+].[Na+]. The third-order valence-corrected chi connectivity index (χ3v) is 3.70. The molecule has 0 aliphatic heterocycles. The van der Waals surface area contributed by atoms with E-state index < -0.39 is 93.0 Å². The van der Waals surface area contributed by atoms with Crippen LogP contribution in [-0.2, 0) is 38.3 Å². The molecule has 0 aromatic rings. The van der Waals surface area contributed by atoms with Crippen LogP contribution in [0.1, 0.15) is 12.8 Å². The van der Waals surface area contributed by atoms with Crippen LogP contribution in [0.15, 0.2) is 0 Å². The number of hydrogen-bond donors (Lipinski definition) is 3. The number of esters is 1. The largest absolute Gasteiger partial charge is 1.00 e. The topological polar surface area (TPSA) is 265 Å². The Balaban J connectivity index is -0.00000160. The van der Waals surface area contributed by atoms with E-state index >= 15 is 0 Å². The van der Waals surface area contributed by atoms with Crippen molar-refractivity contribution in [1.82, 2.24) is 9.80 Å². The van der Waals surface area contributed by atoms with Gasteiger partial charge in [-0.15, -0.1) is 0 Å². The fourth-order valence-electron chi connectivity index (χ4n) is 2.50. The zero-order valence-corrected chi connectivity index (χ0v) is 25.4. The van der Waals surface area contributed by atoms with Crippen LogP contribution in [-0.4, -0.2) is 112 Å². The van der Waals surface area contributed by atoms with E-state index in [0.717, 1.165) is 9.80 Å². The van der Waals surface area contributed by atoms with E-state index in [1.54, 1.807) is 0 Å². The van der Waals surface area contributed by atoms with Gasteiger partial charge in [0.25, 0.3) is 0 Å². The summed E-state index contributed by atoms with van der Waals surface area (Å²) in [5.41, 5.74) is -3.19. The van der Waals surface area contributed by atoms with Gasteiger partial charge in [0, 0.05) is 37.9 Å². The Kier molecular flexibility index (Phi) is 24.0.